The van der Waals surface area contributed by atoms with Crippen LogP contribution < -0.4 is 0 Å². The topological polar surface area (TPSA) is 71.7 Å². The van der Waals surface area contributed by atoms with Gasteiger partial charge in [-0.1, -0.05) is 5.16 Å². The van der Waals surface area contributed by atoms with Crippen molar-refractivity contribution < 1.29 is 14.1 Å². The molecule has 2 aliphatic heterocycles. The summed E-state index contributed by atoms with van der Waals surface area (Å²) in [5, 5.41) is 4.13. The lowest BCUT2D eigenvalue weighted by atomic mass is 9.96. The maximum atomic E-state index is 12.1. The number of hydrogen-bond acceptors (Lipinski definition) is 6. The van der Waals surface area contributed by atoms with E-state index in [1.807, 2.05) is 4.90 Å². The molecule has 0 N–H and O–H groups in total. The van der Waals surface area contributed by atoms with Gasteiger partial charge in [0.25, 0.3) is 0 Å². The van der Waals surface area contributed by atoms with Gasteiger partial charge < -0.3 is 14.2 Å². The predicted molar refractivity (Wildman–Crippen MR) is 81.7 cm³/mol. The van der Waals surface area contributed by atoms with Crippen LogP contribution in [-0.4, -0.2) is 65.2 Å². The third kappa shape index (κ3) is 3.55. The number of nitrogens with zero attached hydrogens (tertiary/aromatic N) is 4. The SMILES string of the molecule is O=C(C1CC1)N1CCC(c2nc(CN3CCOCC3)no2)CC1. The fourth-order valence-electron chi connectivity index (χ4n) is 3.39. The number of likely N-dealkylation sites (tertiary alicyclic amines) is 1. The van der Waals surface area contributed by atoms with Crippen molar-refractivity contribution in [2.24, 2.45) is 5.92 Å². The Morgan fingerprint density at radius 2 is 1.83 bits per heavy atom. The van der Waals surface area contributed by atoms with Gasteiger partial charge in [-0.3, -0.25) is 9.69 Å². The molecule has 1 aliphatic carbocycles. The van der Waals surface area contributed by atoms with Crippen LogP contribution in [0.2, 0.25) is 0 Å². The summed E-state index contributed by atoms with van der Waals surface area (Å²) in [6.07, 6.45) is 4.01. The summed E-state index contributed by atoms with van der Waals surface area (Å²) < 4.78 is 10.8. The highest BCUT2D eigenvalue weighted by molar-refractivity contribution is 5.81. The number of carbonyl (C=O) groups is 1. The summed E-state index contributed by atoms with van der Waals surface area (Å²) in [6, 6.07) is 0. The second-order valence-electron chi connectivity index (χ2n) is 6.81. The summed E-state index contributed by atoms with van der Waals surface area (Å²) in [5.74, 6) is 2.46. The minimum Gasteiger partial charge on any atom is -0.379 e. The van der Waals surface area contributed by atoms with Gasteiger partial charge >= 0.3 is 0 Å². The summed E-state index contributed by atoms with van der Waals surface area (Å²) in [6.45, 7) is 5.77. The third-order valence-corrected chi connectivity index (χ3v) is 5.03. The molecule has 0 spiro atoms. The molecule has 0 aromatic carbocycles. The zero-order valence-electron chi connectivity index (χ0n) is 13.4. The van der Waals surface area contributed by atoms with E-state index in [2.05, 4.69) is 15.0 Å². The zero-order chi connectivity index (χ0) is 15.6. The van der Waals surface area contributed by atoms with E-state index in [1.165, 1.54) is 0 Å². The number of hydrogen-bond donors (Lipinski definition) is 0. The highest BCUT2D eigenvalue weighted by Gasteiger charge is 2.36. The van der Waals surface area contributed by atoms with Gasteiger partial charge in [0, 0.05) is 38.0 Å². The Morgan fingerprint density at radius 1 is 1.09 bits per heavy atom. The molecule has 2 saturated heterocycles. The molecule has 126 valence electrons. The van der Waals surface area contributed by atoms with Crippen LogP contribution in [0.15, 0.2) is 4.52 Å². The molecule has 4 rings (SSSR count). The number of rotatable bonds is 4. The van der Waals surface area contributed by atoms with Crippen LogP contribution >= 0.6 is 0 Å². The van der Waals surface area contributed by atoms with Crippen molar-refractivity contribution in [2.75, 3.05) is 39.4 Å². The van der Waals surface area contributed by atoms with Gasteiger partial charge in [-0.25, -0.2) is 0 Å². The number of carbonyl (C=O) groups excluding carboxylic acids is 1. The van der Waals surface area contributed by atoms with Crippen LogP contribution in [0.25, 0.3) is 0 Å². The van der Waals surface area contributed by atoms with Crippen molar-refractivity contribution in [3.05, 3.63) is 11.7 Å². The fourth-order valence-corrected chi connectivity index (χ4v) is 3.39. The molecule has 23 heavy (non-hydrogen) atoms. The maximum absolute atomic E-state index is 12.1. The number of amides is 1. The molecular formula is C16H24N4O3. The van der Waals surface area contributed by atoms with Crippen molar-refractivity contribution in [3.63, 3.8) is 0 Å². The van der Waals surface area contributed by atoms with Crippen LogP contribution in [-0.2, 0) is 16.1 Å². The molecule has 0 unspecified atom stereocenters. The summed E-state index contributed by atoms with van der Waals surface area (Å²) in [4.78, 5) is 21.0. The van der Waals surface area contributed by atoms with Gasteiger partial charge in [-0.15, -0.1) is 0 Å². The van der Waals surface area contributed by atoms with Crippen molar-refractivity contribution >= 4 is 5.91 Å². The van der Waals surface area contributed by atoms with Gasteiger partial charge in [0.2, 0.25) is 11.8 Å². The van der Waals surface area contributed by atoms with E-state index < -0.39 is 0 Å². The summed E-state index contributed by atoms with van der Waals surface area (Å²) in [7, 11) is 0. The molecule has 7 nitrogen and oxygen atoms in total. The lowest BCUT2D eigenvalue weighted by molar-refractivity contribution is -0.133. The van der Waals surface area contributed by atoms with Crippen molar-refractivity contribution in [2.45, 2.75) is 38.1 Å². The smallest absolute Gasteiger partial charge is 0.229 e. The summed E-state index contributed by atoms with van der Waals surface area (Å²) in [5.41, 5.74) is 0. The quantitative estimate of drug-likeness (QED) is 0.825. The highest BCUT2D eigenvalue weighted by atomic mass is 16.5. The van der Waals surface area contributed by atoms with Crippen LogP contribution in [0.3, 0.4) is 0 Å². The second kappa shape index (κ2) is 6.57. The Labute approximate surface area is 136 Å². The van der Waals surface area contributed by atoms with E-state index in [0.29, 0.717) is 17.7 Å². The van der Waals surface area contributed by atoms with Gasteiger partial charge in [0.15, 0.2) is 5.82 Å². The van der Waals surface area contributed by atoms with E-state index in [-0.39, 0.29) is 0 Å². The molecule has 0 bridgehead atoms. The molecule has 1 amide bonds. The Balaban J connectivity index is 1.30. The van der Waals surface area contributed by atoms with Gasteiger partial charge in [0.05, 0.1) is 19.8 Å². The Hall–Kier alpha value is -1.47. The molecule has 1 saturated carbocycles. The molecule has 1 aromatic heterocycles. The first-order valence-electron chi connectivity index (χ1n) is 8.71. The van der Waals surface area contributed by atoms with E-state index in [1.54, 1.807) is 0 Å². The number of piperidine rings is 1. The number of morpholine rings is 1. The van der Waals surface area contributed by atoms with E-state index >= 15 is 0 Å². The van der Waals surface area contributed by atoms with Crippen molar-refractivity contribution in [1.82, 2.24) is 19.9 Å². The monoisotopic (exact) mass is 320 g/mol. The molecule has 0 radical (unpaired) electrons. The fraction of sp³-hybridized carbons (Fsp3) is 0.812. The lowest BCUT2D eigenvalue weighted by Gasteiger charge is -2.30. The first-order valence-corrected chi connectivity index (χ1v) is 8.71. The number of aromatic nitrogens is 2. The minimum absolute atomic E-state index is 0.296. The Kier molecular flexibility index (Phi) is 4.31. The average Bonchev–Trinajstić information content (AvgIpc) is 3.35. The molecule has 3 heterocycles. The largest absolute Gasteiger partial charge is 0.379 e. The predicted octanol–water partition coefficient (Wildman–Crippen LogP) is 1.02. The first-order chi connectivity index (χ1) is 11.3. The zero-order valence-corrected chi connectivity index (χ0v) is 13.4. The molecular weight excluding hydrogens is 296 g/mol. The number of ether oxygens (including phenoxy) is 1. The van der Waals surface area contributed by atoms with E-state index in [4.69, 9.17) is 9.26 Å². The molecule has 3 fully saturated rings. The van der Waals surface area contributed by atoms with Crippen LogP contribution in [0.1, 0.15) is 43.3 Å². The van der Waals surface area contributed by atoms with Gasteiger partial charge in [-0.05, 0) is 25.7 Å². The molecule has 7 heteroatoms. The van der Waals surface area contributed by atoms with Gasteiger partial charge in [0.1, 0.15) is 0 Å². The third-order valence-electron chi connectivity index (χ3n) is 5.03. The summed E-state index contributed by atoms with van der Waals surface area (Å²) >= 11 is 0. The Morgan fingerprint density at radius 3 is 2.52 bits per heavy atom. The normalized spacial score (nSPS) is 24.1. The maximum Gasteiger partial charge on any atom is 0.229 e. The van der Waals surface area contributed by atoms with Crippen LogP contribution in [0.5, 0.6) is 0 Å². The van der Waals surface area contributed by atoms with E-state index in [9.17, 15) is 4.79 Å². The molecule has 3 aliphatic rings. The van der Waals surface area contributed by atoms with Crippen LogP contribution in [0, 0.1) is 5.92 Å². The van der Waals surface area contributed by atoms with E-state index in [0.717, 1.165) is 83.3 Å². The first kappa shape index (κ1) is 15.1. The highest BCUT2D eigenvalue weighted by Crippen LogP contribution is 2.34. The Bertz CT molecular complexity index is 543. The van der Waals surface area contributed by atoms with Gasteiger partial charge in [-0.2, -0.15) is 4.98 Å². The lowest BCUT2D eigenvalue weighted by Crippen LogP contribution is -2.38. The van der Waals surface area contributed by atoms with Crippen LogP contribution in [0.4, 0.5) is 0 Å². The standard InChI is InChI=1S/C16H24N4O3/c21-16(13-1-2-13)20-5-3-12(4-6-20)15-17-14(18-23-15)11-19-7-9-22-10-8-19/h12-13H,1-11H2. The molecule has 0 atom stereocenters. The van der Waals surface area contributed by atoms with Crippen molar-refractivity contribution in [3.8, 4) is 0 Å². The second-order valence-corrected chi connectivity index (χ2v) is 6.81. The van der Waals surface area contributed by atoms with Crippen molar-refractivity contribution in [1.29, 1.82) is 0 Å². The average molecular weight is 320 g/mol. The minimum atomic E-state index is 0.296. The molecule has 1 aromatic rings.